The van der Waals surface area contributed by atoms with Crippen molar-refractivity contribution in [1.82, 2.24) is 0 Å². The van der Waals surface area contributed by atoms with Crippen LogP contribution in [-0.2, 0) is 11.2 Å². The van der Waals surface area contributed by atoms with Crippen molar-refractivity contribution in [2.75, 3.05) is 0 Å². The normalized spacial score (nSPS) is 17.6. The topological polar surface area (TPSA) is 26.3 Å². The van der Waals surface area contributed by atoms with Gasteiger partial charge in [0.1, 0.15) is 5.75 Å². The van der Waals surface area contributed by atoms with E-state index in [0.29, 0.717) is 23.6 Å². The molecule has 0 bridgehead atoms. The lowest BCUT2D eigenvalue weighted by atomic mass is 9.77. The zero-order chi connectivity index (χ0) is 26.5. The van der Waals surface area contributed by atoms with E-state index in [1.165, 1.54) is 43.4 Å². The molecular formula is C30H29F5O2. The maximum absolute atomic E-state index is 14.9. The van der Waals surface area contributed by atoms with Crippen LogP contribution in [0.1, 0.15) is 68.9 Å². The summed E-state index contributed by atoms with van der Waals surface area (Å²) in [5, 5.41) is 0. The van der Waals surface area contributed by atoms with Crippen molar-refractivity contribution in [2.24, 2.45) is 5.92 Å². The van der Waals surface area contributed by atoms with Gasteiger partial charge >= 0.3 is 5.97 Å². The third kappa shape index (κ3) is 6.38. The Morgan fingerprint density at radius 3 is 2.11 bits per heavy atom. The second-order valence-corrected chi connectivity index (χ2v) is 9.70. The van der Waals surface area contributed by atoms with Gasteiger partial charge in [0, 0.05) is 17.7 Å². The van der Waals surface area contributed by atoms with Gasteiger partial charge in [-0.15, -0.1) is 0 Å². The first-order valence-electron chi connectivity index (χ1n) is 12.7. The van der Waals surface area contributed by atoms with Crippen LogP contribution >= 0.6 is 0 Å². The molecule has 3 aromatic carbocycles. The van der Waals surface area contributed by atoms with Crippen molar-refractivity contribution in [3.63, 3.8) is 0 Å². The van der Waals surface area contributed by atoms with Crippen molar-refractivity contribution in [3.05, 3.63) is 88.7 Å². The number of benzene rings is 3. The molecule has 0 aromatic heterocycles. The van der Waals surface area contributed by atoms with Gasteiger partial charge in [-0.05, 0) is 60.6 Å². The zero-order valence-corrected chi connectivity index (χ0v) is 20.6. The molecule has 0 spiro atoms. The summed E-state index contributed by atoms with van der Waals surface area (Å²) in [6, 6.07) is 11.5. The minimum absolute atomic E-state index is 0.0323. The summed E-state index contributed by atoms with van der Waals surface area (Å²) in [6.07, 6.45) is 6.69. The van der Waals surface area contributed by atoms with E-state index in [1.807, 2.05) is 24.3 Å². The van der Waals surface area contributed by atoms with E-state index in [9.17, 15) is 26.7 Å². The monoisotopic (exact) mass is 516 g/mol. The van der Waals surface area contributed by atoms with Crippen molar-refractivity contribution in [3.8, 4) is 16.9 Å². The maximum atomic E-state index is 14.9. The average molecular weight is 517 g/mol. The van der Waals surface area contributed by atoms with Crippen LogP contribution in [-0.4, -0.2) is 5.97 Å². The summed E-state index contributed by atoms with van der Waals surface area (Å²) in [5.74, 6) is -6.89. The summed E-state index contributed by atoms with van der Waals surface area (Å²) in [6.45, 7) is 2.22. The van der Waals surface area contributed by atoms with Gasteiger partial charge in [-0.3, -0.25) is 4.79 Å². The molecule has 3 aromatic rings. The largest absolute Gasteiger partial charge is 0.426 e. The van der Waals surface area contributed by atoms with Crippen molar-refractivity contribution in [2.45, 2.75) is 64.2 Å². The number of hydrogen-bond donors (Lipinski definition) is 0. The Kier molecular flexibility index (Phi) is 8.62. The number of carbonyl (C=O) groups is 1. The summed E-state index contributed by atoms with van der Waals surface area (Å²) in [5.41, 5.74) is 1.87. The van der Waals surface area contributed by atoms with E-state index < -0.39 is 40.8 Å². The molecule has 1 fully saturated rings. The van der Waals surface area contributed by atoms with E-state index in [-0.39, 0.29) is 24.0 Å². The molecule has 0 heterocycles. The summed E-state index contributed by atoms with van der Waals surface area (Å²) >= 11 is 0. The molecule has 1 aliphatic carbocycles. The van der Waals surface area contributed by atoms with Gasteiger partial charge in [0.05, 0.1) is 6.42 Å². The number of esters is 1. The molecule has 37 heavy (non-hydrogen) atoms. The quantitative estimate of drug-likeness (QED) is 0.130. The lowest BCUT2D eigenvalue weighted by Crippen LogP contribution is -2.13. The lowest BCUT2D eigenvalue weighted by molar-refractivity contribution is -0.134. The Morgan fingerprint density at radius 1 is 0.838 bits per heavy atom. The zero-order valence-electron chi connectivity index (χ0n) is 20.6. The molecule has 196 valence electrons. The van der Waals surface area contributed by atoms with Crippen molar-refractivity contribution < 1.29 is 31.5 Å². The van der Waals surface area contributed by atoms with Gasteiger partial charge in [-0.2, -0.15) is 0 Å². The number of rotatable bonds is 8. The van der Waals surface area contributed by atoms with Crippen LogP contribution < -0.4 is 4.74 Å². The molecule has 0 saturated heterocycles. The smallest absolute Gasteiger partial charge is 0.311 e. The fourth-order valence-electron chi connectivity index (χ4n) is 5.14. The molecule has 0 radical (unpaired) electrons. The molecule has 1 saturated carbocycles. The minimum atomic E-state index is -1.68. The fraction of sp³-hybridized carbons (Fsp3) is 0.367. The van der Waals surface area contributed by atoms with Crippen LogP contribution in [0.15, 0.2) is 48.5 Å². The van der Waals surface area contributed by atoms with Gasteiger partial charge in [0.15, 0.2) is 29.1 Å². The number of ether oxygens (including phenoxy) is 1. The molecule has 0 atom stereocenters. The Hall–Kier alpha value is -3.22. The van der Waals surface area contributed by atoms with Crippen LogP contribution in [0.2, 0.25) is 0 Å². The predicted octanol–water partition coefficient (Wildman–Crippen LogP) is 8.66. The second-order valence-electron chi connectivity index (χ2n) is 9.70. The van der Waals surface area contributed by atoms with E-state index in [2.05, 4.69) is 6.92 Å². The van der Waals surface area contributed by atoms with Crippen LogP contribution in [0.25, 0.3) is 11.1 Å². The SMILES string of the molecule is CCCC1CCC(c2ccc(-c3ccc(CCC(=O)Oc4cc(F)c(F)c(F)c4)c(F)c3F)cc2)CC1. The Morgan fingerprint density at radius 2 is 1.49 bits per heavy atom. The molecule has 2 nitrogen and oxygen atoms in total. The number of aryl methyl sites for hydroxylation is 1. The molecule has 0 aliphatic heterocycles. The highest BCUT2D eigenvalue weighted by Gasteiger charge is 2.22. The second kappa shape index (κ2) is 11.9. The highest BCUT2D eigenvalue weighted by Crippen LogP contribution is 2.38. The first kappa shape index (κ1) is 26.8. The third-order valence-electron chi connectivity index (χ3n) is 7.19. The third-order valence-corrected chi connectivity index (χ3v) is 7.19. The Bertz CT molecular complexity index is 1220. The van der Waals surface area contributed by atoms with Crippen molar-refractivity contribution >= 4 is 5.97 Å². The summed E-state index contributed by atoms with van der Waals surface area (Å²) in [4.78, 5) is 12.0. The van der Waals surface area contributed by atoms with E-state index in [0.717, 1.165) is 18.8 Å². The number of carbonyl (C=O) groups excluding carboxylic acids is 1. The van der Waals surface area contributed by atoms with Crippen LogP contribution in [0.4, 0.5) is 22.0 Å². The van der Waals surface area contributed by atoms with Crippen LogP contribution in [0.5, 0.6) is 5.75 Å². The number of halogens is 5. The van der Waals surface area contributed by atoms with Gasteiger partial charge < -0.3 is 4.74 Å². The van der Waals surface area contributed by atoms with Crippen LogP contribution in [0, 0.1) is 35.0 Å². The molecule has 0 amide bonds. The Balaban J connectivity index is 1.38. The molecule has 0 unspecified atom stereocenters. The fourth-order valence-corrected chi connectivity index (χ4v) is 5.14. The van der Waals surface area contributed by atoms with Crippen LogP contribution in [0.3, 0.4) is 0 Å². The van der Waals surface area contributed by atoms with Gasteiger partial charge in [0.2, 0.25) is 0 Å². The maximum Gasteiger partial charge on any atom is 0.311 e. The summed E-state index contributed by atoms with van der Waals surface area (Å²) in [7, 11) is 0. The van der Waals surface area contributed by atoms with Gasteiger partial charge in [-0.1, -0.05) is 56.2 Å². The lowest BCUT2D eigenvalue weighted by Gasteiger charge is -2.28. The van der Waals surface area contributed by atoms with E-state index >= 15 is 0 Å². The van der Waals surface area contributed by atoms with Gasteiger partial charge in [-0.25, -0.2) is 22.0 Å². The Labute approximate surface area is 213 Å². The highest BCUT2D eigenvalue weighted by atomic mass is 19.2. The molecule has 7 heteroatoms. The molecule has 0 N–H and O–H groups in total. The van der Waals surface area contributed by atoms with E-state index in [1.54, 1.807) is 0 Å². The first-order valence-corrected chi connectivity index (χ1v) is 12.7. The standard InChI is InChI=1S/C30H29F5O2/c1-2-3-18-4-6-19(7-5-18)20-8-10-21(11-9-20)24-14-12-22(28(33)29(24)34)13-15-27(36)37-23-16-25(31)30(35)26(32)17-23/h8-12,14,16-19H,2-7,13,15H2,1H3. The van der Waals surface area contributed by atoms with Crippen molar-refractivity contribution in [1.29, 1.82) is 0 Å². The molecule has 1 aliphatic rings. The minimum Gasteiger partial charge on any atom is -0.426 e. The van der Waals surface area contributed by atoms with Gasteiger partial charge in [0.25, 0.3) is 0 Å². The first-order chi connectivity index (χ1) is 17.8. The highest BCUT2D eigenvalue weighted by molar-refractivity contribution is 5.73. The molecular weight excluding hydrogens is 487 g/mol. The van der Waals surface area contributed by atoms with E-state index in [4.69, 9.17) is 4.74 Å². The molecule has 4 rings (SSSR count). The number of hydrogen-bond acceptors (Lipinski definition) is 2. The average Bonchev–Trinajstić information content (AvgIpc) is 2.89. The predicted molar refractivity (Wildman–Crippen MR) is 132 cm³/mol. The summed E-state index contributed by atoms with van der Waals surface area (Å²) < 4.78 is 74.1.